The van der Waals surface area contributed by atoms with E-state index in [-0.39, 0.29) is 28.9 Å². The van der Waals surface area contributed by atoms with Crippen LogP contribution in [0, 0.1) is 0 Å². The number of alkyl halides is 3. The Balaban J connectivity index is 1.56. The van der Waals surface area contributed by atoms with Crippen LogP contribution in [0.2, 0.25) is 0 Å². The van der Waals surface area contributed by atoms with Gasteiger partial charge in [0.25, 0.3) is 5.91 Å². The number of H-pyrrole nitrogens is 1. The number of pyridine rings is 1. The van der Waals surface area contributed by atoms with Crippen LogP contribution < -0.4 is 20.7 Å². The van der Waals surface area contributed by atoms with Gasteiger partial charge in [0.2, 0.25) is 11.9 Å². The third kappa shape index (κ3) is 5.49. The lowest BCUT2D eigenvalue weighted by Gasteiger charge is -2.15. The monoisotopic (exact) mass is 484 g/mol. The van der Waals surface area contributed by atoms with E-state index in [4.69, 9.17) is 4.74 Å². The van der Waals surface area contributed by atoms with Crippen molar-refractivity contribution >= 4 is 40.2 Å². The predicted molar refractivity (Wildman–Crippen MR) is 123 cm³/mol. The number of carbonyl (C=O) groups is 2. The number of aromatic amines is 1. The van der Waals surface area contributed by atoms with Gasteiger partial charge in [-0.2, -0.15) is 13.2 Å². The normalized spacial score (nSPS) is 11.2. The molecule has 180 valence electrons. The SMILES string of the molecule is CNC(=O)c1cc(Oc2ccc3nc(Nc4ccc(NC(C)=O)c(C(F)(F)F)c4)[nH]c3c2)ccn1. The molecule has 0 spiro atoms. The maximum atomic E-state index is 13.5. The molecule has 4 aromatic rings. The van der Waals surface area contributed by atoms with Crippen molar-refractivity contribution in [1.29, 1.82) is 0 Å². The number of hydrogen-bond acceptors (Lipinski definition) is 6. The molecule has 0 saturated carbocycles. The molecule has 12 heteroatoms. The Hall–Kier alpha value is -4.61. The van der Waals surface area contributed by atoms with Crippen molar-refractivity contribution in [3.05, 3.63) is 66.0 Å². The molecule has 4 N–H and O–H groups in total. The molecule has 2 aromatic heterocycles. The van der Waals surface area contributed by atoms with E-state index < -0.39 is 17.6 Å². The number of rotatable bonds is 6. The third-order valence-corrected chi connectivity index (χ3v) is 4.78. The van der Waals surface area contributed by atoms with Crippen molar-refractivity contribution in [2.24, 2.45) is 0 Å². The average Bonchev–Trinajstić information content (AvgIpc) is 3.20. The zero-order chi connectivity index (χ0) is 25.2. The van der Waals surface area contributed by atoms with E-state index in [1.807, 2.05) is 0 Å². The van der Waals surface area contributed by atoms with Crippen LogP contribution >= 0.6 is 0 Å². The van der Waals surface area contributed by atoms with Crippen molar-refractivity contribution in [3.63, 3.8) is 0 Å². The number of nitrogens with zero attached hydrogens (tertiary/aromatic N) is 2. The summed E-state index contributed by atoms with van der Waals surface area (Å²) in [6, 6.07) is 11.5. The predicted octanol–water partition coefficient (Wildman–Crippen LogP) is 4.83. The Morgan fingerprint density at radius 1 is 1.03 bits per heavy atom. The van der Waals surface area contributed by atoms with Gasteiger partial charge in [-0.1, -0.05) is 0 Å². The third-order valence-electron chi connectivity index (χ3n) is 4.78. The fourth-order valence-corrected chi connectivity index (χ4v) is 3.27. The number of hydrogen-bond donors (Lipinski definition) is 4. The van der Waals surface area contributed by atoms with Crippen LogP contribution in [0.3, 0.4) is 0 Å². The first kappa shape index (κ1) is 23.5. The van der Waals surface area contributed by atoms with E-state index in [9.17, 15) is 22.8 Å². The lowest BCUT2D eigenvalue weighted by atomic mass is 10.1. The molecule has 0 aliphatic rings. The summed E-state index contributed by atoms with van der Waals surface area (Å²) in [5, 5.41) is 7.47. The van der Waals surface area contributed by atoms with E-state index in [0.717, 1.165) is 13.0 Å². The van der Waals surface area contributed by atoms with Crippen molar-refractivity contribution in [2.75, 3.05) is 17.7 Å². The molecule has 0 unspecified atom stereocenters. The zero-order valence-electron chi connectivity index (χ0n) is 18.4. The Bertz CT molecular complexity index is 1420. The summed E-state index contributed by atoms with van der Waals surface area (Å²) in [5.41, 5.74) is 0.112. The van der Waals surface area contributed by atoms with Gasteiger partial charge >= 0.3 is 6.18 Å². The molecule has 4 rings (SSSR count). The maximum Gasteiger partial charge on any atom is 0.418 e. The van der Waals surface area contributed by atoms with Crippen molar-refractivity contribution < 1.29 is 27.5 Å². The Morgan fingerprint density at radius 3 is 2.51 bits per heavy atom. The number of amides is 2. The second-order valence-corrected chi connectivity index (χ2v) is 7.39. The van der Waals surface area contributed by atoms with Gasteiger partial charge in [0.15, 0.2) is 0 Å². The fourth-order valence-electron chi connectivity index (χ4n) is 3.27. The van der Waals surface area contributed by atoms with Gasteiger partial charge in [-0.25, -0.2) is 4.98 Å². The lowest BCUT2D eigenvalue weighted by Crippen LogP contribution is -2.18. The molecule has 0 radical (unpaired) electrons. The first-order valence-corrected chi connectivity index (χ1v) is 10.2. The molecule has 0 saturated heterocycles. The molecule has 2 aromatic carbocycles. The van der Waals surface area contributed by atoms with Gasteiger partial charge in [-0.05, 0) is 36.4 Å². The van der Waals surface area contributed by atoms with Crippen LogP contribution in [-0.2, 0) is 11.0 Å². The van der Waals surface area contributed by atoms with E-state index >= 15 is 0 Å². The molecule has 9 nitrogen and oxygen atoms in total. The van der Waals surface area contributed by atoms with Crippen molar-refractivity contribution in [2.45, 2.75) is 13.1 Å². The first-order valence-electron chi connectivity index (χ1n) is 10.2. The summed E-state index contributed by atoms with van der Waals surface area (Å²) in [4.78, 5) is 34.3. The second kappa shape index (κ2) is 9.33. The van der Waals surface area contributed by atoms with E-state index in [0.29, 0.717) is 22.5 Å². The Labute approximate surface area is 196 Å². The minimum Gasteiger partial charge on any atom is -0.457 e. The highest BCUT2D eigenvalue weighted by molar-refractivity contribution is 5.92. The fraction of sp³-hybridized carbons (Fsp3) is 0.130. The molecule has 0 bridgehead atoms. The highest BCUT2D eigenvalue weighted by atomic mass is 19.4. The summed E-state index contributed by atoms with van der Waals surface area (Å²) in [7, 11) is 1.50. The van der Waals surface area contributed by atoms with Crippen LogP contribution in [-0.4, -0.2) is 33.8 Å². The number of anilines is 3. The summed E-state index contributed by atoms with van der Waals surface area (Å²) < 4.78 is 46.2. The minimum absolute atomic E-state index is 0.125. The minimum atomic E-state index is -4.67. The van der Waals surface area contributed by atoms with Crippen LogP contribution in [0.1, 0.15) is 23.0 Å². The maximum absolute atomic E-state index is 13.5. The quantitative estimate of drug-likeness (QED) is 0.311. The van der Waals surface area contributed by atoms with E-state index in [2.05, 4.69) is 30.9 Å². The molecule has 0 aliphatic carbocycles. The Kier molecular flexibility index (Phi) is 6.28. The molecule has 0 atom stereocenters. The van der Waals surface area contributed by atoms with Gasteiger partial charge in [-0.3, -0.25) is 14.6 Å². The van der Waals surface area contributed by atoms with Crippen LogP contribution in [0.4, 0.5) is 30.5 Å². The molecular weight excluding hydrogens is 465 g/mol. The van der Waals surface area contributed by atoms with Crippen LogP contribution in [0.25, 0.3) is 11.0 Å². The first-order chi connectivity index (χ1) is 16.6. The van der Waals surface area contributed by atoms with Gasteiger partial charge in [0.05, 0.1) is 22.3 Å². The number of halogens is 3. The van der Waals surface area contributed by atoms with E-state index in [1.54, 1.807) is 24.3 Å². The average molecular weight is 484 g/mol. The molecule has 35 heavy (non-hydrogen) atoms. The molecule has 2 amide bonds. The number of benzene rings is 2. The highest BCUT2D eigenvalue weighted by Gasteiger charge is 2.34. The summed E-state index contributed by atoms with van der Waals surface area (Å²) >= 11 is 0. The summed E-state index contributed by atoms with van der Waals surface area (Å²) in [6.45, 7) is 1.13. The smallest absolute Gasteiger partial charge is 0.418 e. The number of nitrogens with one attached hydrogen (secondary N) is 4. The topological polar surface area (TPSA) is 121 Å². The van der Waals surface area contributed by atoms with Crippen LogP contribution in [0.15, 0.2) is 54.7 Å². The molecular formula is C23H19F3N6O3. The van der Waals surface area contributed by atoms with Gasteiger partial charge in [-0.15, -0.1) is 0 Å². The van der Waals surface area contributed by atoms with Gasteiger partial charge in [0, 0.05) is 38.0 Å². The van der Waals surface area contributed by atoms with Crippen LogP contribution in [0.5, 0.6) is 11.5 Å². The number of aromatic nitrogens is 3. The van der Waals surface area contributed by atoms with Crippen molar-refractivity contribution in [1.82, 2.24) is 20.3 Å². The molecule has 0 fully saturated rings. The Morgan fingerprint density at radius 2 is 1.80 bits per heavy atom. The molecule has 2 heterocycles. The number of imidazole rings is 1. The largest absolute Gasteiger partial charge is 0.457 e. The number of carbonyl (C=O) groups excluding carboxylic acids is 2. The second-order valence-electron chi connectivity index (χ2n) is 7.39. The summed E-state index contributed by atoms with van der Waals surface area (Å²) in [5.74, 6) is 0.0935. The van der Waals surface area contributed by atoms with Gasteiger partial charge < -0.3 is 25.7 Å². The summed E-state index contributed by atoms with van der Waals surface area (Å²) in [6.07, 6.45) is -3.22. The van der Waals surface area contributed by atoms with Gasteiger partial charge in [0.1, 0.15) is 17.2 Å². The molecule has 0 aliphatic heterocycles. The zero-order valence-corrected chi connectivity index (χ0v) is 18.4. The number of fused-ring (bicyclic) bond motifs is 1. The van der Waals surface area contributed by atoms with E-state index in [1.165, 1.54) is 31.4 Å². The highest BCUT2D eigenvalue weighted by Crippen LogP contribution is 2.37. The number of ether oxygens (including phenoxy) is 1. The van der Waals surface area contributed by atoms with Crippen molar-refractivity contribution in [3.8, 4) is 11.5 Å². The standard InChI is InChI=1S/C23H19F3N6O3/c1-12(33)29-17-5-3-13(9-16(17)23(24,25)26)30-22-31-18-6-4-14(10-19(18)32-22)35-15-7-8-28-20(11-15)21(34)27-2/h3-11H,1-2H3,(H,27,34)(H,29,33)(H2,30,31,32). The lowest BCUT2D eigenvalue weighted by molar-refractivity contribution is -0.136.